The molecule has 0 unspecified atom stereocenters. The molecule has 0 atom stereocenters. The Bertz CT molecular complexity index is 325. The summed E-state index contributed by atoms with van der Waals surface area (Å²) in [5, 5.41) is 9.66. The Labute approximate surface area is 106 Å². The number of rotatable bonds is 4. The van der Waals surface area contributed by atoms with E-state index in [1.165, 1.54) is 6.26 Å². The van der Waals surface area contributed by atoms with Crippen LogP contribution in [0, 0.1) is 0 Å². The van der Waals surface area contributed by atoms with Gasteiger partial charge in [-0.15, -0.1) is 12.4 Å². The zero-order valence-electron chi connectivity index (χ0n) is 9.52. The maximum atomic E-state index is 11.5. The summed E-state index contributed by atoms with van der Waals surface area (Å²) in [4.78, 5) is 13.8. The normalized spacial score (nSPS) is 16.2. The van der Waals surface area contributed by atoms with E-state index in [0.29, 0.717) is 12.2 Å². The number of hydrogen-bond acceptors (Lipinski definition) is 5. The highest BCUT2D eigenvalue weighted by Crippen LogP contribution is 1.94. The van der Waals surface area contributed by atoms with E-state index in [9.17, 15) is 4.79 Å². The van der Waals surface area contributed by atoms with Crippen LogP contribution in [0.3, 0.4) is 0 Å². The van der Waals surface area contributed by atoms with Crippen LogP contribution >= 0.6 is 12.4 Å². The minimum absolute atomic E-state index is 0. The molecule has 6 nitrogen and oxygen atoms in total. The van der Waals surface area contributed by atoms with Crippen molar-refractivity contribution in [1.82, 2.24) is 20.7 Å². The highest BCUT2D eigenvalue weighted by molar-refractivity contribution is 5.91. The first-order chi connectivity index (χ1) is 7.86. The lowest BCUT2D eigenvalue weighted by Crippen LogP contribution is -2.46. The molecule has 2 N–H and O–H groups in total. The molecule has 7 heteroatoms. The van der Waals surface area contributed by atoms with E-state index in [1.54, 1.807) is 6.07 Å². The van der Waals surface area contributed by atoms with Gasteiger partial charge in [0.15, 0.2) is 5.69 Å². The Morgan fingerprint density at radius 2 is 2.29 bits per heavy atom. The van der Waals surface area contributed by atoms with Crippen LogP contribution in [-0.4, -0.2) is 55.2 Å². The number of nitrogens with zero attached hydrogens (tertiary/aromatic N) is 2. The van der Waals surface area contributed by atoms with E-state index < -0.39 is 0 Å². The van der Waals surface area contributed by atoms with E-state index in [1.807, 2.05) is 0 Å². The molecule has 1 aromatic rings. The summed E-state index contributed by atoms with van der Waals surface area (Å²) in [6, 6.07) is 1.56. The van der Waals surface area contributed by atoms with E-state index in [0.717, 1.165) is 32.7 Å². The number of carbonyl (C=O) groups is 1. The molecule has 1 fully saturated rings. The number of nitrogens with one attached hydrogen (secondary N) is 2. The zero-order chi connectivity index (χ0) is 11.2. The summed E-state index contributed by atoms with van der Waals surface area (Å²) < 4.78 is 4.60. The van der Waals surface area contributed by atoms with Crippen LogP contribution in [-0.2, 0) is 0 Å². The average Bonchev–Trinajstić information content (AvgIpc) is 2.84. The smallest absolute Gasteiger partial charge is 0.273 e. The van der Waals surface area contributed by atoms with Crippen LogP contribution in [0.4, 0.5) is 0 Å². The molecule has 1 aromatic heterocycles. The summed E-state index contributed by atoms with van der Waals surface area (Å²) in [6.45, 7) is 5.66. The van der Waals surface area contributed by atoms with Crippen molar-refractivity contribution >= 4 is 18.3 Å². The Morgan fingerprint density at radius 1 is 1.53 bits per heavy atom. The fraction of sp³-hybridized carbons (Fsp3) is 0.600. The van der Waals surface area contributed by atoms with Gasteiger partial charge in [0, 0.05) is 45.3 Å². The van der Waals surface area contributed by atoms with Crippen molar-refractivity contribution in [2.24, 2.45) is 0 Å². The van der Waals surface area contributed by atoms with Gasteiger partial charge in [0.25, 0.3) is 5.91 Å². The summed E-state index contributed by atoms with van der Waals surface area (Å²) in [7, 11) is 0. The van der Waals surface area contributed by atoms with Crippen molar-refractivity contribution in [1.29, 1.82) is 0 Å². The molecule has 17 heavy (non-hydrogen) atoms. The van der Waals surface area contributed by atoms with E-state index in [2.05, 4.69) is 25.2 Å². The first-order valence-electron chi connectivity index (χ1n) is 5.48. The molecule has 0 aliphatic carbocycles. The van der Waals surface area contributed by atoms with Crippen LogP contribution in [0.1, 0.15) is 10.5 Å². The maximum absolute atomic E-state index is 11.5. The third kappa shape index (κ3) is 4.33. The maximum Gasteiger partial charge on any atom is 0.273 e. The van der Waals surface area contributed by atoms with Gasteiger partial charge in [0.2, 0.25) is 0 Å². The largest absolute Gasteiger partial charge is 0.364 e. The minimum atomic E-state index is -0.177. The monoisotopic (exact) mass is 260 g/mol. The van der Waals surface area contributed by atoms with Crippen LogP contribution < -0.4 is 10.6 Å². The summed E-state index contributed by atoms with van der Waals surface area (Å²) >= 11 is 0. The third-order valence-corrected chi connectivity index (χ3v) is 2.59. The number of carbonyl (C=O) groups excluding carboxylic acids is 1. The predicted octanol–water partition coefficient (Wildman–Crippen LogP) is -0.269. The van der Waals surface area contributed by atoms with Gasteiger partial charge in [-0.2, -0.15) is 0 Å². The molecule has 0 bridgehead atoms. The molecule has 1 saturated heterocycles. The molecule has 2 heterocycles. The van der Waals surface area contributed by atoms with Crippen LogP contribution in [0.5, 0.6) is 0 Å². The molecular weight excluding hydrogens is 244 g/mol. The molecule has 0 aromatic carbocycles. The molecule has 1 aliphatic rings. The first kappa shape index (κ1) is 14.0. The number of aromatic nitrogens is 1. The topological polar surface area (TPSA) is 70.4 Å². The molecule has 0 saturated carbocycles. The second kappa shape index (κ2) is 7.26. The van der Waals surface area contributed by atoms with Gasteiger partial charge in [-0.25, -0.2) is 0 Å². The predicted molar refractivity (Wildman–Crippen MR) is 65.4 cm³/mol. The minimum Gasteiger partial charge on any atom is -0.364 e. The van der Waals surface area contributed by atoms with Crippen LogP contribution in [0.15, 0.2) is 16.9 Å². The Balaban J connectivity index is 0.00000144. The van der Waals surface area contributed by atoms with Crippen LogP contribution in [0.25, 0.3) is 0 Å². The first-order valence-corrected chi connectivity index (χ1v) is 5.48. The van der Waals surface area contributed by atoms with Crippen molar-refractivity contribution in [3.05, 3.63) is 18.0 Å². The number of halogens is 1. The van der Waals surface area contributed by atoms with Crippen LogP contribution in [0.2, 0.25) is 0 Å². The Kier molecular flexibility index (Phi) is 5.96. The van der Waals surface area contributed by atoms with Crippen molar-refractivity contribution in [2.75, 3.05) is 39.3 Å². The van der Waals surface area contributed by atoms with Crippen molar-refractivity contribution in [2.45, 2.75) is 0 Å². The lowest BCUT2D eigenvalue weighted by Gasteiger charge is -2.26. The summed E-state index contributed by atoms with van der Waals surface area (Å²) in [5.41, 5.74) is 0.334. The van der Waals surface area contributed by atoms with Crippen molar-refractivity contribution < 1.29 is 9.32 Å². The lowest BCUT2D eigenvalue weighted by atomic mass is 10.3. The SMILES string of the molecule is Cl.O=C(NCCN1CCNCC1)c1ccon1. The molecule has 0 spiro atoms. The van der Waals surface area contributed by atoms with Gasteiger partial charge in [-0.1, -0.05) is 5.16 Å². The molecular formula is C10H17ClN4O2. The van der Waals surface area contributed by atoms with Gasteiger partial charge in [0.05, 0.1) is 0 Å². The summed E-state index contributed by atoms with van der Waals surface area (Å²) in [6.07, 6.45) is 1.39. The molecule has 2 rings (SSSR count). The fourth-order valence-electron chi connectivity index (χ4n) is 1.68. The Morgan fingerprint density at radius 3 is 2.94 bits per heavy atom. The highest BCUT2D eigenvalue weighted by Gasteiger charge is 2.11. The second-order valence-electron chi connectivity index (χ2n) is 3.73. The standard InChI is InChI=1S/C10H16N4O2.ClH/c15-10(9-1-8-16-13-9)12-4-7-14-5-2-11-3-6-14;/h1,8,11H,2-7H2,(H,12,15);1H. The fourth-order valence-corrected chi connectivity index (χ4v) is 1.68. The second-order valence-corrected chi connectivity index (χ2v) is 3.73. The zero-order valence-corrected chi connectivity index (χ0v) is 10.3. The van der Waals surface area contributed by atoms with Gasteiger partial charge in [-0.05, 0) is 0 Å². The van der Waals surface area contributed by atoms with E-state index in [-0.39, 0.29) is 18.3 Å². The van der Waals surface area contributed by atoms with Gasteiger partial charge in [-0.3, -0.25) is 9.69 Å². The van der Waals surface area contributed by atoms with Gasteiger partial charge < -0.3 is 15.2 Å². The van der Waals surface area contributed by atoms with Gasteiger partial charge in [0.1, 0.15) is 6.26 Å². The van der Waals surface area contributed by atoms with E-state index in [4.69, 9.17) is 0 Å². The number of amides is 1. The third-order valence-electron chi connectivity index (χ3n) is 2.59. The quantitative estimate of drug-likeness (QED) is 0.780. The van der Waals surface area contributed by atoms with Gasteiger partial charge >= 0.3 is 0 Å². The van der Waals surface area contributed by atoms with E-state index >= 15 is 0 Å². The average molecular weight is 261 g/mol. The highest BCUT2D eigenvalue weighted by atomic mass is 35.5. The number of hydrogen-bond donors (Lipinski definition) is 2. The molecule has 1 amide bonds. The molecule has 1 aliphatic heterocycles. The molecule has 96 valence electrons. The Hall–Kier alpha value is -1.11. The van der Waals surface area contributed by atoms with Crippen molar-refractivity contribution in [3.8, 4) is 0 Å². The number of piperazine rings is 1. The lowest BCUT2D eigenvalue weighted by molar-refractivity contribution is 0.0938. The molecule has 0 radical (unpaired) electrons. The van der Waals surface area contributed by atoms with Crippen molar-refractivity contribution in [3.63, 3.8) is 0 Å². The summed E-state index contributed by atoms with van der Waals surface area (Å²) in [5.74, 6) is -0.177.